The van der Waals surface area contributed by atoms with Gasteiger partial charge in [0.15, 0.2) is 5.96 Å². The molecule has 0 heterocycles. The second-order valence-corrected chi connectivity index (χ2v) is 3.52. The van der Waals surface area contributed by atoms with E-state index in [9.17, 15) is 0 Å². The first-order valence-corrected chi connectivity index (χ1v) is 5.09. The molecule has 0 unspecified atom stereocenters. The second-order valence-electron chi connectivity index (χ2n) is 2.64. The van der Waals surface area contributed by atoms with Crippen molar-refractivity contribution >= 4 is 23.4 Å². The Labute approximate surface area is 82.4 Å². The summed E-state index contributed by atoms with van der Waals surface area (Å²) in [6.45, 7) is 0. The maximum absolute atomic E-state index is 7.23. The van der Waals surface area contributed by atoms with E-state index in [-0.39, 0.29) is 5.96 Å². The molecule has 1 aromatic carbocycles. The average molecular weight is 195 g/mol. The molecule has 0 aliphatic rings. The number of hydrogen-bond acceptors (Lipinski definition) is 2. The zero-order chi connectivity index (χ0) is 9.84. The predicted molar refractivity (Wildman–Crippen MR) is 58.5 cm³/mol. The van der Waals surface area contributed by atoms with Gasteiger partial charge in [-0.1, -0.05) is 0 Å². The van der Waals surface area contributed by atoms with Crippen LogP contribution < -0.4 is 10.6 Å². The average Bonchev–Trinajstić information content (AvgIpc) is 2.17. The molecule has 1 rings (SSSR count). The normalized spacial score (nSPS) is 9.69. The molecule has 13 heavy (non-hydrogen) atoms. The minimum Gasteiger partial charge on any atom is -0.370 e. The van der Waals surface area contributed by atoms with Crippen molar-refractivity contribution in [3.05, 3.63) is 24.3 Å². The Morgan fingerprint density at radius 3 is 2.31 bits per heavy atom. The van der Waals surface area contributed by atoms with Gasteiger partial charge in [0.2, 0.25) is 0 Å². The molecule has 0 saturated heterocycles. The Morgan fingerprint density at radius 1 is 1.38 bits per heavy atom. The van der Waals surface area contributed by atoms with E-state index in [1.165, 1.54) is 4.90 Å². The highest BCUT2D eigenvalue weighted by Gasteiger charge is 2.01. The number of nitrogens with zero attached hydrogens (tertiary/aromatic N) is 1. The molecule has 1 aromatic rings. The van der Waals surface area contributed by atoms with Gasteiger partial charge in [-0.25, -0.2) is 0 Å². The number of nitrogens with one attached hydrogen (secondary N) is 1. The van der Waals surface area contributed by atoms with Gasteiger partial charge in [0.25, 0.3) is 0 Å². The molecule has 0 aromatic heterocycles. The second kappa shape index (κ2) is 4.18. The lowest BCUT2D eigenvalue weighted by Crippen LogP contribution is -2.32. The number of thioether (sulfide) groups is 1. The quantitative estimate of drug-likeness (QED) is 0.429. The van der Waals surface area contributed by atoms with Crippen LogP contribution in [0.5, 0.6) is 0 Å². The first-order valence-electron chi connectivity index (χ1n) is 3.87. The van der Waals surface area contributed by atoms with Crippen molar-refractivity contribution in [3.63, 3.8) is 0 Å². The van der Waals surface area contributed by atoms with Crippen LogP contribution in [0.2, 0.25) is 0 Å². The number of rotatable bonds is 2. The van der Waals surface area contributed by atoms with Gasteiger partial charge in [0, 0.05) is 17.6 Å². The minimum atomic E-state index is 0.0527. The Morgan fingerprint density at radius 2 is 1.92 bits per heavy atom. The van der Waals surface area contributed by atoms with Crippen LogP contribution in [0.25, 0.3) is 0 Å². The smallest absolute Gasteiger partial charge is 0.192 e. The number of anilines is 1. The highest BCUT2D eigenvalue weighted by molar-refractivity contribution is 7.98. The van der Waals surface area contributed by atoms with E-state index < -0.39 is 0 Å². The van der Waals surface area contributed by atoms with Gasteiger partial charge in [-0.2, -0.15) is 0 Å². The van der Waals surface area contributed by atoms with Crippen molar-refractivity contribution in [2.24, 2.45) is 5.73 Å². The van der Waals surface area contributed by atoms with Crippen molar-refractivity contribution in [3.8, 4) is 0 Å². The Kier molecular flexibility index (Phi) is 3.19. The number of benzene rings is 1. The number of nitrogens with two attached hydrogens (primary N) is 1. The van der Waals surface area contributed by atoms with Crippen molar-refractivity contribution in [1.82, 2.24) is 0 Å². The fraction of sp³-hybridized carbons (Fsp3) is 0.222. The van der Waals surface area contributed by atoms with Gasteiger partial charge in [-0.05, 0) is 30.5 Å². The summed E-state index contributed by atoms with van der Waals surface area (Å²) in [7, 11) is 1.77. The van der Waals surface area contributed by atoms with Crippen molar-refractivity contribution in [2.45, 2.75) is 4.90 Å². The molecular weight excluding hydrogens is 182 g/mol. The molecule has 3 nitrogen and oxygen atoms in total. The minimum absolute atomic E-state index is 0.0527. The Balaban J connectivity index is 2.85. The van der Waals surface area contributed by atoms with Crippen LogP contribution in [0.15, 0.2) is 29.2 Å². The van der Waals surface area contributed by atoms with Gasteiger partial charge >= 0.3 is 0 Å². The highest BCUT2D eigenvalue weighted by Crippen LogP contribution is 2.19. The molecule has 0 amide bonds. The Bertz CT molecular complexity index is 294. The van der Waals surface area contributed by atoms with Gasteiger partial charge in [-0.3, -0.25) is 5.41 Å². The molecule has 0 bridgehead atoms. The SMILES string of the molecule is CSc1ccc(N(C)C(=N)N)cc1. The van der Waals surface area contributed by atoms with Crippen molar-refractivity contribution in [2.75, 3.05) is 18.2 Å². The summed E-state index contributed by atoms with van der Waals surface area (Å²) in [6, 6.07) is 7.93. The van der Waals surface area contributed by atoms with Crippen LogP contribution in [0.3, 0.4) is 0 Å². The molecule has 70 valence electrons. The zero-order valence-electron chi connectivity index (χ0n) is 7.74. The van der Waals surface area contributed by atoms with E-state index >= 15 is 0 Å². The third-order valence-electron chi connectivity index (χ3n) is 1.82. The number of hydrogen-bond donors (Lipinski definition) is 2. The van der Waals surface area contributed by atoms with Crippen LogP contribution in [0.4, 0.5) is 5.69 Å². The van der Waals surface area contributed by atoms with Crippen molar-refractivity contribution in [1.29, 1.82) is 5.41 Å². The monoisotopic (exact) mass is 195 g/mol. The third kappa shape index (κ3) is 2.39. The van der Waals surface area contributed by atoms with Crippen LogP contribution in [-0.4, -0.2) is 19.3 Å². The topological polar surface area (TPSA) is 53.1 Å². The lowest BCUT2D eigenvalue weighted by molar-refractivity contribution is 1.19. The van der Waals surface area contributed by atoms with Crippen LogP contribution in [0.1, 0.15) is 0 Å². The van der Waals surface area contributed by atoms with E-state index in [4.69, 9.17) is 11.1 Å². The standard InChI is InChI=1S/C9H13N3S/c1-12(9(10)11)7-3-5-8(13-2)6-4-7/h3-6H,1-2H3,(H3,10,11). The fourth-order valence-electron chi connectivity index (χ4n) is 0.945. The third-order valence-corrected chi connectivity index (χ3v) is 2.56. The highest BCUT2D eigenvalue weighted by atomic mass is 32.2. The fourth-order valence-corrected chi connectivity index (χ4v) is 1.35. The van der Waals surface area contributed by atoms with E-state index in [1.807, 2.05) is 30.5 Å². The first-order chi connectivity index (χ1) is 6.15. The van der Waals surface area contributed by atoms with Gasteiger partial charge in [0.05, 0.1) is 0 Å². The van der Waals surface area contributed by atoms with E-state index in [1.54, 1.807) is 23.7 Å². The van der Waals surface area contributed by atoms with Gasteiger partial charge in [-0.15, -0.1) is 11.8 Å². The summed E-state index contributed by atoms with van der Waals surface area (Å²) in [5, 5.41) is 7.23. The van der Waals surface area contributed by atoms with Crippen molar-refractivity contribution < 1.29 is 0 Å². The molecule has 0 spiro atoms. The Hall–Kier alpha value is -1.16. The lowest BCUT2D eigenvalue weighted by Gasteiger charge is -2.16. The number of guanidine groups is 1. The lowest BCUT2D eigenvalue weighted by atomic mass is 10.3. The summed E-state index contributed by atoms with van der Waals surface area (Å²) in [5.41, 5.74) is 6.28. The summed E-state index contributed by atoms with van der Waals surface area (Å²) in [6.07, 6.45) is 2.03. The largest absolute Gasteiger partial charge is 0.370 e. The first kappa shape index (κ1) is 9.92. The van der Waals surface area contributed by atoms with E-state index in [0.717, 1.165) is 5.69 Å². The molecule has 0 atom stereocenters. The van der Waals surface area contributed by atoms with Crippen LogP contribution in [0, 0.1) is 5.41 Å². The summed E-state index contributed by atoms with van der Waals surface area (Å²) in [4.78, 5) is 2.84. The van der Waals surface area contributed by atoms with E-state index in [2.05, 4.69) is 0 Å². The molecule has 0 radical (unpaired) electrons. The summed E-state index contributed by atoms with van der Waals surface area (Å²) >= 11 is 1.69. The molecule has 0 aliphatic carbocycles. The molecule has 3 N–H and O–H groups in total. The van der Waals surface area contributed by atoms with Crippen LogP contribution >= 0.6 is 11.8 Å². The summed E-state index contributed by atoms with van der Waals surface area (Å²) in [5.74, 6) is 0.0527. The van der Waals surface area contributed by atoms with E-state index in [0.29, 0.717) is 0 Å². The molecule has 0 aliphatic heterocycles. The zero-order valence-corrected chi connectivity index (χ0v) is 8.56. The molecular formula is C9H13N3S. The van der Waals surface area contributed by atoms with Gasteiger partial charge < -0.3 is 10.6 Å². The van der Waals surface area contributed by atoms with Crippen LogP contribution in [-0.2, 0) is 0 Å². The maximum Gasteiger partial charge on any atom is 0.192 e. The molecule has 4 heteroatoms. The maximum atomic E-state index is 7.23. The molecule has 0 saturated carbocycles. The van der Waals surface area contributed by atoms with Gasteiger partial charge in [0.1, 0.15) is 0 Å². The summed E-state index contributed by atoms with van der Waals surface area (Å²) < 4.78 is 0. The molecule has 0 fully saturated rings. The predicted octanol–water partition coefficient (Wildman–Crippen LogP) is 1.74.